The van der Waals surface area contributed by atoms with Crippen LogP contribution >= 0.6 is 0 Å². The summed E-state index contributed by atoms with van der Waals surface area (Å²) in [6.07, 6.45) is 15.0. The van der Waals surface area contributed by atoms with Gasteiger partial charge in [0.25, 0.3) is 0 Å². The normalized spacial score (nSPS) is 37.5. The van der Waals surface area contributed by atoms with E-state index in [-0.39, 0.29) is 0 Å². The van der Waals surface area contributed by atoms with Gasteiger partial charge in [0.15, 0.2) is 0 Å². The third-order valence-electron chi connectivity index (χ3n) is 4.01. The van der Waals surface area contributed by atoms with Crippen molar-refractivity contribution in [3.63, 3.8) is 0 Å². The molecule has 2 unspecified atom stereocenters. The van der Waals surface area contributed by atoms with Gasteiger partial charge in [-0.3, -0.25) is 0 Å². The van der Waals surface area contributed by atoms with E-state index in [4.69, 9.17) is 0 Å². The van der Waals surface area contributed by atoms with Crippen LogP contribution in [0.1, 0.15) is 44.9 Å². The minimum Gasteiger partial charge on any atom is -0.0845 e. The van der Waals surface area contributed by atoms with Gasteiger partial charge in [0.1, 0.15) is 0 Å². The van der Waals surface area contributed by atoms with Gasteiger partial charge in [-0.05, 0) is 50.4 Å². The van der Waals surface area contributed by atoms with Crippen molar-refractivity contribution in [3.05, 3.63) is 23.3 Å². The van der Waals surface area contributed by atoms with Crippen molar-refractivity contribution in [3.8, 4) is 0 Å². The van der Waals surface area contributed by atoms with Crippen molar-refractivity contribution in [1.29, 1.82) is 0 Å². The lowest BCUT2D eigenvalue weighted by molar-refractivity contribution is 0.584. The molecular weight excluding hydrogens is 156 g/mol. The SMILES string of the molecule is C1=CC2CC1CC2=C1CCCCC1. The summed E-state index contributed by atoms with van der Waals surface area (Å²) in [5.74, 6) is 1.80. The lowest BCUT2D eigenvalue weighted by atomic mass is 9.86. The predicted octanol–water partition coefficient (Wildman–Crippen LogP) is 3.84. The molecule has 0 aromatic rings. The Hall–Kier alpha value is -0.520. The number of fused-ring (bicyclic) bond motifs is 2. The van der Waals surface area contributed by atoms with Gasteiger partial charge in [0.05, 0.1) is 0 Å². The Balaban J connectivity index is 1.87. The van der Waals surface area contributed by atoms with Gasteiger partial charge in [0.2, 0.25) is 0 Å². The van der Waals surface area contributed by atoms with E-state index in [9.17, 15) is 0 Å². The smallest absolute Gasteiger partial charge is 0.00146 e. The van der Waals surface area contributed by atoms with Crippen LogP contribution in [-0.4, -0.2) is 0 Å². The average Bonchev–Trinajstić information content (AvgIpc) is 2.80. The maximum absolute atomic E-state index is 2.46. The van der Waals surface area contributed by atoms with Crippen LogP contribution in [0.3, 0.4) is 0 Å². The van der Waals surface area contributed by atoms with Gasteiger partial charge in [-0.25, -0.2) is 0 Å². The zero-order valence-electron chi connectivity index (χ0n) is 8.26. The van der Waals surface area contributed by atoms with Gasteiger partial charge in [-0.15, -0.1) is 0 Å². The maximum atomic E-state index is 2.46. The first kappa shape index (κ1) is 7.84. The Labute approximate surface area is 80.7 Å². The van der Waals surface area contributed by atoms with Crippen LogP contribution in [0, 0.1) is 11.8 Å². The first-order chi connectivity index (χ1) is 6.43. The van der Waals surface area contributed by atoms with Crippen LogP contribution in [-0.2, 0) is 0 Å². The fraction of sp³-hybridized carbons (Fsp3) is 0.692. The maximum Gasteiger partial charge on any atom is -0.00146 e. The first-order valence-electron chi connectivity index (χ1n) is 5.82. The molecule has 0 aliphatic heterocycles. The lowest BCUT2D eigenvalue weighted by Gasteiger charge is -2.20. The van der Waals surface area contributed by atoms with Gasteiger partial charge in [0, 0.05) is 0 Å². The zero-order valence-corrected chi connectivity index (χ0v) is 8.26. The number of allylic oxidation sites excluding steroid dienone is 4. The van der Waals surface area contributed by atoms with Gasteiger partial charge >= 0.3 is 0 Å². The highest BCUT2D eigenvalue weighted by Gasteiger charge is 2.32. The van der Waals surface area contributed by atoms with Crippen LogP contribution in [0.15, 0.2) is 23.3 Å². The Morgan fingerprint density at radius 2 is 1.85 bits per heavy atom. The van der Waals surface area contributed by atoms with Crippen LogP contribution in [0.4, 0.5) is 0 Å². The molecule has 2 fully saturated rings. The molecule has 0 spiro atoms. The quantitative estimate of drug-likeness (QED) is 0.489. The third-order valence-corrected chi connectivity index (χ3v) is 4.01. The molecule has 0 saturated heterocycles. The molecule has 0 heterocycles. The fourth-order valence-electron chi connectivity index (χ4n) is 3.32. The molecule has 0 amide bonds. The molecular formula is C13H18. The third kappa shape index (κ3) is 1.27. The summed E-state index contributed by atoms with van der Waals surface area (Å²) < 4.78 is 0. The summed E-state index contributed by atoms with van der Waals surface area (Å²) in [6.45, 7) is 0. The summed E-state index contributed by atoms with van der Waals surface area (Å²) in [4.78, 5) is 0. The van der Waals surface area contributed by atoms with E-state index in [1.807, 2.05) is 11.1 Å². The molecule has 70 valence electrons. The monoisotopic (exact) mass is 174 g/mol. The Bertz CT molecular complexity index is 262. The van der Waals surface area contributed by atoms with Crippen LogP contribution < -0.4 is 0 Å². The second-order valence-corrected chi connectivity index (χ2v) is 4.88. The van der Waals surface area contributed by atoms with Crippen molar-refractivity contribution in [2.24, 2.45) is 11.8 Å². The predicted molar refractivity (Wildman–Crippen MR) is 55.5 cm³/mol. The molecule has 0 N–H and O–H groups in total. The molecule has 2 atom stereocenters. The van der Waals surface area contributed by atoms with E-state index in [1.165, 1.54) is 44.9 Å². The molecule has 2 bridgehead atoms. The zero-order chi connectivity index (χ0) is 8.67. The topological polar surface area (TPSA) is 0 Å². The van der Waals surface area contributed by atoms with Crippen molar-refractivity contribution in [1.82, 2.24) is 0 Å². The summed E-state index contributed by atoms with van der Waals surface area (Å²) in [5.41, 5.74) is 3.70. The molecule has 3 aliphatic rings. The summed E-state index contributed by atoms with van der Waals surface area (Å²) in [6, 6.07) is 0. The number of hydrogen-bond donors (Lipinski definition) is 0. The largest absolute Gasteiger partial charge is 0.0845 e. The van der Waals surface area contributed by atoms with Gasteiger partial charge in [-0.2, -0.15) is 0 Å². The number of hydrogen-bond acceptors (Lipinski definition) is 0. The van der Waals surface area contributed by atoms with E-state index in [2.05, 4.69) is 12.2 Å². The Morgan fingerprint density at radius 3 is 2.46 bits per heavy atom. The molecule has 2 saturated carbocycles. The van der Waals surface area contributed by atoms with E-state index >= 15 is 0 Å². The van der Waals surface area contributed by atoms with E-state index in [0.717, 1.165) is 11.8 Å². The Kier molecular flexibility index (Phi) is 1.81. The molecule has 13 heavy (non-hydrogen) atoms. The minimum absolute atomic E-state index is 0.873. The van der Waals surface area contributed by atoms with Crippen molar-refractivity contribution >= 4 is 0 Å². The van der Waals surface area contributed by atoms with Crippen molar-refractivity contribution in [2.75, 3.05) is 0 Å². The standard InChI is InChI=1S/C13H18/c1-2-4-11(5-3-1)13-9-10-6-7-12(13)8-10/h6-7,10,12H,1-5,8-9H2. The summed E-state index contributed by atoms with van der Waals surface area (Å²) in [7, 11) is 0. The second-order valence-electron chi connectivity index (χ2n) is 4.88. The van der Waals surface area contributed by atoms with E-state index in [0.29, 0.717) is 0 Å². The van der Waals surface area contributed by atoms with Crippen LogP contribution in [0.25, 0.3) is 0 Å². The van der Waals surface area contributed by atoms with Gasteiger partial charge in [-0.1, -0.05) is 29.7 Å². The van der Waals surface area contributed by atoms with Crippen molar-refractivity contribution < 1.29 is 0 Å². The highest BCUT2D eigenvalue weighted by atomic mass is 14.4. The summed E-state index contributed by atoms with van der Waals surface area (Å²) in [5, 5.41) is 0. The minimum atomic E-state index is 0.873. The molecule has 0 aromatic heterocycles. The highest BCUT2D eigenvalue weighted by Crippen LogP contribution is 2.46. The molecule has 0 nitrogen and oxygen atoms in total. The van der Waals surface area contributed by atoms with E-state index in [1.54, 1.807) is 0 Å². The lowest BCUT2D eigenvalue weighted by Crippen LogP contribution is -2.02. The van der Waals surface area contributed by atoms with Crippen LogP contribution in [0.5, 0.6) is 0 Å². The van der Waals surface area contributed by atoms with Crippen LogP contribution in [0.2, 0.25) is 0 Å². The molecule has 0 aromatic carbocycles. The summed E-state index contributed by atoms with van der Waals surface area (Å²) >= 11 is 0. The molecule has 0 heteroatoms. The fourth-order valence-corrected chi connectivity index (χ4v) is 3.32. The molecule has 3 rings (SSSR count). The number of rotatable bonds is 0. The van der Waals surface area contributed by atoms with E-state index < -0.39 is 0 Å². The molecule has 3 aliphatic carbocycles. The average molecular weight is 174 g/mol. The molecule has 0 radical (unpaired) electrons. The van der Waals surface area contributed by atoms with Crippen molar-refractivity contribution in [2.45, 2.75) is 44.9 Å². The first-order valence-corrected chi connectivity index (χ1v) is 5.82. The second kappa shape index (κ2) is 3.01. The highest BCUT2D eigenvalue weighted by molar-refractivity contribution is 5.31. The Morgan fingerprint density at radius 1 is 1.00 bits per heavy atom. The van der Waals surface area contributed by atoms with Gasteiger partial charge < -0.3 is 0 Å².